The molecule has 0 aliphatic carbocycles. The minimum Gasteiger partial charge on any atom is -0.314 e. The third kappa shape index (κ3) is 23.2. The van der Waals surface area contributed by atoms with Gasteiger partial charge in [0.1, 0.15) is 0 Å². The van der Waals surface area contributed by atoms with Crippen molar-refractivity contribution in [2.45, 2.75) is 129 Å². The second kappa shape index (κ2) is 21.2. The van der Waals surface area contributed by atoms with Gasteiger partial charge in [-0.3, -0.25) is 0 Å². The molecule has 0 atom stereocenters. The van der Waals surface area contributed by atoms with Gasteiger partial charge in [-0.05, 0) is 6.42 Å². The van der Waals surface area contributed by atoms with Gasteiger partial charge in [0, 0.05) is 0 Å². The lowest BCUT2D eigenvalue weighted by molar-refractivity contribution is -0.757. The van der Waals surface area contributed by atoms with Gasteiger partial charge < -0.3 is 4.84 Å². The molecule has 0 aromatic heterocycles. The Kier molecular flexibility index (Phi) is 20.6. The molecule has 0 spiro atoms. The molecule has 0 aromatic carbocycles. The highest BCUT2D eigenvalue weighted by molar-refractivity contribution is 4.50. The van der Waals surface area contributed by atoms with Crippen LogP contribution in [0.15, 0.2) is 0 Å². The van der Waals surface area contributed by atoms with Gasteiger partial charge in [0.15, 0.2) is 0 Å². The lowest BCUT2D eigenvalue weighted by Gasteiger charge is -2.04. The zero-order valence-electron chi connectivity index (χ0n) is 16.8. The van der Waals surface area contributed by atoms with Crippen molar-refractivity contribution in [1.82, 2.24) is 0 Å². The molecule has 0 saturated heterocycles. The Labute approximate surface area is 156 Å². The van der Waals surface area contributed by atoms with Crippen LogP contribution in [0.1, 0.15) is 129 Å². The molecule has 150 valence electrons. The lowest BCUT2D eigenvalue weighted by atomic mass is 10.0. The predicted molar refractivity (Wildman–Crippen MR) is 106 cm³/mol. The first kappa shape index (κ1) is 24.2. The van der Waals surface area contributed by atoms with Crippen molar-refractivity contribution in [3.63, 3.8) is 0 Å². The Morgan fingerprint density at radius 3 is 1.12 bits per heavy atom. The fraction of sp³-hybridized carbons (Fsp3) is 1.00. The molecule has 0 fully saturated rings. The van der Waals surface area contributed by atoms with E-state index in [9.17, 15) is 10.1 Å². The molecule has 0 radical (unpaired) electrons. The van der Waals surface area contributed by atoms with Gasteiger partial charge in [0.2, 0.25) is 0 Å². The van der Waals surface area contributed by atoms with E-state index >= 15 is 0 Å². The summed E-state index contributed by atoms with van der Waals surface area (Å²) in [4.78, 5) is 14.3. The zero-order chi connectivity index (χ0) is 18.4. The second-order valence-electron chi connectivity index (χ2n) is 7.42. The summed E-state index contributed by atoms with van der Waals surface area (Å²) in [6.07, 6.45) is 25.4. The van der Waals surface area contributed by atoms with Crippen molar-refractivity contribution < 1.29 is 9.92 Å². The van der Waals surface area contributed by atoms with Gasteiger partial charge in [0.25, 0.3) is 5.09 Å². The van der Waals surface area contributed by atoms with E-state index in [1.807, 2.05) is 0 Å². The highest BCUT2D eigenvalue weighted by Gasteiger charge is 1.96. The number of hydrogen-bond acceptors (Lipinski definition) is 3. The molecule has 0 amide bonds. The average molecular weight is 358 g/mol. The normalized spacial score (nSPS) is 10.9. The molecule has 0 saturated carbocycles. The summed E-state index contributed by atoms with van der Waals surface area (Å²) >= 11 is 0. The zero-order valence-corrected chi connectivity index (χ0v) is 16.8. The first-order chi connectivity index (χ1) is 12.3. The topological polar surface area (TPSA) is 52.4 Å². The number of rotatable bonds is 21. The van der Waals surface area contributed by atoms with E-state index in [-0.39, 0.29) is 6.61 Å². The van der Waals surface area contributed by atoms with Crippen LogP contribution in [0.3, 0.4) is 0 Å². The summed E-state index contributed by atoms with van der Waals surface area (Å²) in [5.74, 6) is 0. The molecule has 25 heavy (non-hydrogen) atoms. The fourth-order valence-corrected chi connectivity index (χ4v) is 3.32. The van der Waals surface area contributed by atoms with E-state index < -0.39 is 5.09 Å². The van der Waals surface area contributed by atoms with E-state index in [2.05, 4.69) is 11.8 Å². The third-order valence-electron chi connectivity index (χ3n) is 4.94. The van der Waals surface area contributed by atoms with Crippen LogP contribution in [-0.2, 0) is 4.84 Å². The molecular weight excluding hydrogens is 314 g/mol. The molecule has 0 aliphatic rings. The van der Waals surface area contributed by atoms with Crippen LogP contribution in [0.5, 0.6) is 0 Å². The predicted octanol–water partition coefficient (Wildman–Crippen LogP) is 7.63. The van der Waals surface area contributed by atoms with Crippen molar-refractivity contribution in [3.05, 3.63) is 10.1 Å². The van der Waals surface area contributed by atoms with Crippen LogP contribution in [0, 0.1) is 10.1 Å². The summed E-state index contributed by atoms with van der Waals surface area (Å²) in [7, 11) is 0. The third-order valence-corrected chi connectivity index (χ3v) is 4.94. The summed E-state index contributed by atoms with van der Waals surface area (Å²) in [5, 5.41) is 9.27. The van der Waals surface area contributed by atoms with Crippen molar-refractivity contribution in [3.8, 4) is 0 Å². The Morgan fingerprint density at radius 2 is 0.840 bits per heavy atom. The fourth-order valence-electron chi connectivity index (χ4n) is 3.32. The first-order valence-corrected chi connectivity index (χ1v) is 11.0. The molecule has 0 rings (SSSR count). The smallest absolute Gasteiger partial charge is 0.294 e. The van der Waals surface area contributed by atoms with Crippen LogP contribution in [0.2, 0.25) is 0 Å². The monoisotopic (exact) mass is 357 g/mol. The Hall–Kier alpha value is -0.800. The minimum atomic E-state index is -0.700. The molecule has 0 bridgehead atoms. The SMILES string of the molecule is CCCCCCCCCCCCCCCCCCCCCO[N+](=O)[O-]. The van der Waals surface area contributed by atoms with Crippen LogP contribution in [-0.4, -0.2) is 11.7 Å². The van der Waals surface area contributed by atoms with E-state index in [0.29, 0.717) is 0 Å². The largest absolute Gasteiger partial charge is 0.314 e. The molecule has 0 heterocycles. The van der Waals surface area contributed by atoms with Gasteiger partial charge >= 0.3 is 0 Å². The van der Waals surface area contributed by atoms with Gasteiger partial charge in [-0.25, -0.2) is 0 Å². The molecule has 4 nitrogen and oxygen atoms in total. The van der Waals surface area contributed by atoms with E-state index in [4.69, 9.17) is 0 Å². The summed E-state index contributed by atoms with van der Waals surface area (Å²) in [6, 6.07) is 0. The Bertz CT molecular complexity index is 272. The molecule has 0 aliphatic heterocycles. The molecule has 0 aromatic rings. The Balaban J connectivity index is 2.97. The first-order valence-electron chi connectivity index (χ1n) is 11.0. The van der Waals surface area contributed by atoms with E-state index in [1.165, 1.54) is 109 Å². The van der Waals surface area contributed by atoms with Crippen LogP contribution in [0.25, 0.3) is 0 Å². The highest BCUT2D eigenvalue weighted by Crippen LogP contribution is 2.14. The average Bonchev–Trinajstić information content (AvgIpc) is 2.60. The maximum absolute atomic E-state index is 9.97. The summed E-state index contributed by atoms with van der Waals surface area (Å²) in [5.41, 5.74) is 0. The maximum Gasteiger partial charge on any atom is 0.294 e. The van der Waals surface area contributed by atoms with Crippen LogP contribution in [0.4, 0.5) is 0 Å². The number of hydrogen-bond donors (Lipinski definition) is 0. The molecule has 0 unspecified atom stereocenters. The van der Waals surface area contributed by atoms with Gasteiger partial charge in [0.05, 0.1) is 6.61 Å². The number of unbranched alkanes of at least 4 members (excludes halogenated alkanes) is 18. The van der Waals surface area contributed by atoms with E-state index in [0.717, 1.165) is 12.8 Å². The van der Waals surface area contributed by atoms with Gasteiger partial charge in [-0.1, -0.05) is 122 Å². The van der Waals surface area contributed by atoms with Crippen molar-refractivity contribution in [1.29, 1.82) is 0 Å². The summed E-state index contributed by atoms with van der Waals surface area (Å²) < 4.78 is 0. The molecule has 0 N–H and O–H groups in total. The second-order valence-corrected chi connectivity index (χ2v) is 7.42. The van der Waals surface area contributed by atoms with Crippen molar-refractivity contribution in [2.24, 2.45) is 0 Å². The van der Waals surface area contributed by atoms with Gasteiger partial charge in [-0.15, -0.1) is 10.1 Å². The molecular formula is C21H43NO3. The van der Waals surface area contributed by atoms with Gasteiger partial charge in [-0.2, -0.15) is 0 Å². The quantitative estimate of drug-likeness (QED) is 0.120. The summed E-state index contributed by atoms with van der Waals surface area (Å²) in [6.45, 7) is 2.53. The number of nitrogens with zero attached hydrogens (tertiary/aromatic N) is 1. The van der Waals surface area contributed by atoms with Crippen molar-refractivity contribution in [2.75, 3.05) is 6.61 Å². The standard InChI is InChI=1S/C21H43NO3/c1-2-3-4-5-6-7-8-9-10-11-12-13-14-15-16-17-18-19-20-21-25-22(23)24/h2-21H2,1H3. The van der Waals surface area contributed by atoms with Crippen LogP contribution < -0.4 is 0 Å². The maximum atomic E-state index is 9.97. The minimum absolute atomic E-state index is 0.256. The van der Waals surface area contributed by atoms with Crippen LogP contribution >= 0.6 is 0 Å². The van der Waals surface area contributed by atoms with E-state index in [1.54, 1.807) is 0 Å². The lowest BCUT2D eigenvalue weighted by Crippen LogP contribution is -2.01. The highest BCUT2D eigenvalue weighted by atomic mass is 16.9. The van der Waals surface area contributed by atoms with Crippen molar-refractivity contribution >= 4 is 0 Å². The Morgan fingerprint density at radius 1 is 0.560 bits per heavy atom. The molecule has 4 heteroatoms.